The van der Waals surface area contributed by atoms with Crippen molar-refractivity contribution in [2.75, 3.05) is 13.2 Å². The second-order valence-electron chi connectivity index (χ2n) is 6.88. The van der Waals surface area contributed by atoms with Gasteiger partial charge < -0.3 is 19.2 Å². The van der Waals surface area contributed by atoms with Gasteiger partial charge in [0, 0.05) is 0 Å². The van der Waals surface area contributed by atoms with Crippen LogP contribution >= 0.6 is 0 Å². The van der Waals surface area contributed by atoms with Crippen LogP contribution in [0.25, 0.3) is 11.1 Å². The lowest BCUT2D eigenvalue weighted by Crippen LogP contribution is -2.41. The normalized spacial score (nSPS) is 21.2. The van der Waals surface area contributed by atoms with Crippen LogP contribution < -0.4 is 14.8 Å². The van der Waals surface area contributed by atoms with Gasteiger partial charge in [-0.3, -0.25) is 9.69 Å². The van der Waals surface area contributed by atoms with E-state index in [0.717, 1.165) is 4.90 Å². The van der Waals surface area contributed by atoms with Gasteiger partial charge in [0.2, 0.25) is 5.89 Å². The van der Waals surface area contributed by atoms with E-state index in [2.05, 4.69) is 10.3 Å². The second kappa shape index (κ2) is 5.98. The minimum atomic E-state index is -1.21. The molecule has 0 radical (unpaired) electrons. The average Bonchev–Trinajstić information content (AvgIpc) is 3.22. The number of oxazole rings is 1. The summed E-state index contributed by atoms with van der Waals surface area (Å²) in [6.45, 7) is 2.55. The summed E-state index contributed by atoms with van der Waals surface area (Å²) in [6.07, 6.45) is 0. The zero-order valence-corrected chi connectivity index (χ0v) is 15.1. The molecule has 2 aromatic carbocycles. The number of hydrogen-bond acceptors (Lipinski definition) is 6. The maximum absolute atomic E-state index is 13.1. The first-order valence-corrected chi connectivity index (χ1v) is 8.93. The van der Waals surface area contributed by atoms with E-state index in [1.165, 1.54) is 0 Å². The van der Waals surface area contributed by atoms with Crippen molar-refractivity contribution in [1.29, 1.82) is 0 Å². The molecule has 0 aliphatic carbocycles. The SMILES string of the molecule is C[C@]1(c2ccc3c(c2)OCCO3)NC(=O)N(Cc2nc3ccccc3o2)C1=O. The molecule has 0 bridgehead atoms. The summed E-state index contributed by atoms with van der Waals surface area (Å²) in [4.78, 5) is 31.1. The molecule has 28 heavy (non-hydrogen) atoms. The summed E-state index contributed by atoms with van der Waals surface area (Å²) in [5.41, 5.74) is 0.701. The van der Waals surface area contributed by atoms with E-state index >= 15 is 0 Å². The van der Waals surface area contributed by atoms with Crippen molar-refractivity contribution in [3.8, 4) is 11.5 Å². The van der Waals surface area contributed by atoms with Gasteiger partial charge in [0.05, 0.1) is 0 Å². The van der Waals surface area contributed by atoms with E-state index in [1.54, 1.807) is 31.2 Å². The molecule has 1 atom stereocenters. The van der Waals surface area contributed by atoms with E-state index in [9.17, 15) is 9.59 Å². The van der Waals surface area contributed by atoms with E-state index in [0.29, 0.717) is 47.3 Å². The highest BCUT2D eigenvalue weighted by Gasteiger charge is 2.49. The van der Waals surface area contributed by atoms with Crippen LogP contribution in [0.2, 0.25) is 0 Å². The summed E-state index contributed by atoms with van der Waals surface area (Å²) >= 11 is 0. The Labute approximate surface area is 160 Å². The highest BCUT2D eigenvalue weighted by molar-refractivity contribution is 6.07. The molecule has 3 heterocycles. The largest absolute Gasteiger partial charge is 0.486 e. The molecule has 3 amide bonds. The third kappa shape index (κ3) is 2.49. The Kier molecular flexibility index (Phi) is 3.55. The lowest BCUT2D eigenvalue weighted by atomic mass is 9.91. The first-order chi connectivity index (χ1) is 13.5. The molecule has 1 aromatic heterocycles. The number of nitrogens with one attached hydrogen (secondary N) is 1. The highest BCUT2D eigenvalue weighted by atomic mass is 16.6. The van der Waals surface area contributed by atoms with Gasteiger partial charge in [-0.15, -0.1) is 0 Å². The quantitative estimate of drug-likeness (QED) is 0.703. The lowest BCUT2D eigenvalue weighted by Gasteiger charge is -2.25. The number of imide groups is 1. The summed E-state index contributed by atoms with van der Waals surface area (Å²) < 4.78 is 16.8. The number of rotatable bonds is 3. The molecule has 0 spiro atoms. The Balaban J connectivity index is 1.44. The zero-order valence-electron chi connectivity index (χ0n) is 15.1. The fraction of sp³-hybridized carbons (Fsp3) is 0.250. The number of urea groups is 1. The van der Waals surface area contributed by atoms with Gasteiger partial charge >= 0.3 is 6.03 Å². The molecule has 1 saturated heterocycles. The van der Waals surface area contributed by atoms with Gasteiger partial charge in [-0.2, -0.15) is 0 Å². The molecule has 5 rings (SSSR count). The molecule has 1 fully saturated rings. The van der Waals surface area contributed by atoms with E-state index in [-0.39, 0.29) is 12.5 Å². The van der Waals surface area contributed by atoms with Gasteiger partial charge in [-0.25, -0.2) is 9.78 Å². The fourth-order valence-corrected chi connectivity index (χ4v) is 3.51. The third-order valence-electron chi connectivity index (χ3n) is 5.03. The smallest absolute Gasteiger partial charge is 0.325 e. The number of para-hydroxylation sites is 2. The minimum Gasteiger partial charge on any atom is -0.486 e. The Morgan fingerprint density at radius 1 is 1.11 bits per heavy atom. The topological polar surface area (TPSA) is 93.9 Å². The van der Waals surface area contributed by atoms with Crippen molar-refractivity contribution in [3.05, 3.63) is 53.9 Å². The molecule has 142 valence electrons. The number of aromatic nitrogens is 1. The number of ether oxygens (including phenoxy) is 2. The molecular formula is C20H17N3O5. The van der Waals surface area contributed by atoms with E-state index < -0.39 is 11.6 Å². The zero-order chi connectivity index (χ0) is 19.3. The number of benzene rings is 2. The summed E-state index contributed by atoms with van der Waals surface area (Å²) in [7, 11) is 0. The molecule has 2 aliphatic rings. The van der Waals surface area contributed by atoms with Crippen LogP contribution in [-0.4, -0.2) is 35.0 Å². The molecule has 0 unspecified atom stereocenters. The van der Waals surface area contributed by atoms with Crippen molar-refractivity contribution in [1.82, 2.24) is 15.2 Å². The van der Waals surface area contributed by atoms with Crippen molar-refractivity contribution in [2.45, 2.75) is 19.0 Å². The third-order valence-corrected chi connectivity index (χ3v) is 5.03. The Morgan fingerprint density at radius 2 is 1.89 bits per heavy atom. The van der Waals surface area contributed by atoms with Crippen LogP contribution in [0, 0.1) is 0 Å². The number of nitrogens with zero attached hydrogens (tertiary/aromatic N) is 2. The Bertz CT molecular complexity index is 1080. The average molecular weight is 379 g/mol. The molecule has 8 heteroatoms. The van der Waals surface area contributed by atoms with Crippen molar-refractivity contribution in [2.24, 2.45) is 0 Å². The number of carbonyl (C=O) groups excluding carboxylic acids is 2. The van der Waals surface area contributed by atoms with Crippen LogP contribution in [0.4, 0.5) is 4.79 Å². The van der Waals surface area contributed by atoms with Gasteiger partial charge in [0.25, 0.3) is 5.91 Å². The fourth-order valence-electron chi connectivity index (χ4n) is 3.51. The monoisotopic (exact) mass is 379 g/mol. The molecule has 2 aliphatic heterocycles. The van der Waals surface area contributed by atoms with E-state index in [1.807, 2.05) is 18.2 Å². The molecular weight excluding hydrogens is 362 g/mol. The number of carbonyl (C=O) groups is 2. The van der Waals surface area contributed by atoms with Gasteiger partial charge in [0.15, 0.2) is 17.1 Å². The van der Waals surface area contributed by atoms with E-state index in [4.69, 9.17) is 13.9 Å². The standard InChI is InChI=1S/C20H17N3O5/c1-20(12-6-7-15-16(10-12)27-9-8-26-15)18(24)23(19(25)22-20)11-17-21-13-4-2-3-5-14(13)28-17/h2-7,10H,8-9,11H2,1H3,(H,22,25)/t20-/m1/s1. The first kappa shape index (κ1) is 16.6. The molecule has 8 nitrogen and oxygen atoms in total. The number of hydrogen-bond donors (Lipinski definition) is 1. The summed E-state index contributed by atoms with van der Waals surface area (Å²) in [5.74, 6) is 1.11. The highest BCUT2D eigenvalue weighted by Crippen LogP contribution is 2.37. The Hall–Kier alpha value is -3.55. The Morgan fingerprint density at radius 3 is 2.71 bits per heavy atom. The summed E-state index contributed by atoms with van der Waals surface area (Å²) in [5, 5.41) is 2.78. The lowest BCUT2D eigenvalue weighted by molar-refractivity contribution is -0.131. The van der Waals surface area contributed by atoms with Crippen LogP contribution in [0.15, 0.2) is 46.9 Å². The maximum Gasteiger partial charge on any atom is 0.325 e. The van der Waals surface area contributed by atoms with Crippen LogP contribution in [-0.2, 0) is 16.9 Å². The second-order valence-corrected chi connectivity index (χ2v) is 6.88. The minimum absolute atomic E-state index is 0.0422. The van der Waals surface area contributed by atoms with Gasteiger partial charge in [0.1, 0.15) is 30.8 Å². The van der Waals surface area contributed by atoms with Crippen LogP contribution in [0.5, 0.6) is 11.5 Å². The van der Waals surface area contributed by atoms with Crippen molar-refractivity contribution < 1.29 is 23.5 Å². The predicted molar refractivity (Wildman–Crippen MR) is 97.9 cm³/mol. The van der Waals surface area contributed by atoms with Crippen LogP contribution in [0.3, 0.4) is 0 Å². The van der Waals surface area contributed by atoms with Crippen LogP contribution in [0.1, 0.15) is 18.4 Å². The summed E-state index contributed by atoms with van der Waals surface area (Å²) in [6, 6.07) is 12.0. The molecule has 3 aromatic rings. The molecule has 0 saturated carbocycles. The van der Waals surface area contributed by atoms with Gasteiger partial charge in [-0.05, 0) is 36.8 Å². The van der Waals surface area contributed by atoms with Gasteiger partial charge in [-0.1, -0.05) is 18.2 Å². The molecule has 1 N–H and O–H groups in total. The number of amides is 3. The van der Waals surface area contributed by atoms with Crippen molar-refractivity contribution in [3.63, 3.8) is 0 Å². The van der Waals surface area contributed by atoms with Crippen molar-refractivity contribution >= 4 is 23.0 Å². The predicted octanol–water partition coefficient (Wildman–Crippen LogP) is 2.57. The number of fused-ring (bicyclic) bond motifs is 2. The first-order valence-electron chi connectivity index (χ1n) is 8.93. The maximum atomic E-state index is 13.1.